The molecule has 0 atom stereocenters. The maximum absolute atomic E-state index is 7.39. The number of rotatable bonds is 1. The zero-order valence-electron chi connectivity index (χ0n) is 7.94. The Bertz CT molecular complexity index is 481. The topological polar surface area (TPSA) is 94.2 Å². The van der Waals surface area contributed by atoms with Crippen LogP contribution in [-0.4, -0.2) is 22.6 Å². The highest BCUT2D eigenvalue weighted by Gasteiger charge is 2.08. The van der Waals surface area contributed by atoms with Gasteiger partial charge in [0.05, 0.1) is 11.7 Å². The Balaban J connectivity index is 2.44. The minimum absolute atomic E-state index is 0.116. The highest BCUT2D eigenvalue weighted by molar-refractivity contribution is 5.97. The van der Waals surface area contributed by atoms with Crippen molar-refractivity contribution in [3.8, 4) is 0 Å². The van der Waals surface area contributed by atoms with E-state index in [0.717, 1.165) is 15.9 Å². The van der Waals surface area contributed by atoms with Crippen molar-refractivity contribution in [2.45, 2.75) is 0 Å². The third-order valence-corrected chi connectivity index (χ3v) is 2.05. The number of H-pyrrole nitrogens is 1. The summed E-state index contributed by atoms with van der Waals surface area (Å²) in [5.74, 6) is 6.10. The number of pyridine rings is 1. The normalized spacial score (nSPS) is 10.2. The first kappa shape index (κ1) is 9.35. The van der Waals surface area contributed by atoms with Crippen molar-refractivity contribution in [2.24, 2.45) is 10.8 Å². The monoisotopic (exact) mass is 202 g/mol. The summed E-state index contributed by atoms with van der Waals surface area (Å²) >= 11 is 0. The Morgan fingerprint density at radius 2 is 2.47 bits per heavy atom. The van der Waals surface area contributed by atoms with Crippen LogP contribution in [0.1, 0.15) is 0 Å². The summed E-state index contributed by atoms with van der Waals surface area (Å²) in [6.07, 6.45) is 3.38. The second kappa shape index (κ2) is 3.50. The van der Waals surface area contributed by atoms with E-state index in [9.17, 15) is 0 Å². The van der Waals surface area contributed by atoms with Gasteiger partial charge in [-0.1, -0.05) is 0 Å². The zero-order chi connectivity index (χ0) is 10.8. The summed E-state index contributed by atoms with van der Waals surface area (Å²) in [4.78, 5) is 10.4. The molecule has 76 valence electrons. The molecule has 0 fully saturated rings. The molecule has 0 amide bonds. The number of anilines is 1. The van der Waals surface area contributed by atoms with Gasteiger partial charge in [-0.15, -0.1) is 0 Å². The number of fused-ring (bicyclic) bond motifs is 1. The van der Waals surface area contributed by atoms with Crippen molar-refractivity contribution in [3.63, 3.8) is 0 Å². The van der Waals surface area contributed by atoms with E-state index in [2.05, 4.69) is 21.7 Å². The number of hydrogen-bond donors (Lipinski definition) is 3. The molecule has 0 unspecified atom stereocenters. The van der Waals surface area contributed by atoms with Gasteiger partial charge in [-0.05, 0) is 18.9 Å². The summed E-state index contributed by atoms with van der Waals surface area (Å²) in [5, 5.41) is 9.49. The van der Waals surface area contributed by atoms with Crippen LogP contribution < -0.4 is 10.9 Å². The number of hydrogen-bond acceptors (Lipinski definition) is 3. The SMILES string of the molecule is C=NC(=N)N(N)c1cc2ccncc2[nH]1. The molecule has 2 rings (SSSR count). The number of aromatic amines is 1. The molecule has 0 aliphatic carbocycles. The average molecular weight is 202 g/mol. The maximum Gasteiger partial charge on any atom is 0.237 e. The minimum atomic E-state index is -0.116. The molecule has 15 heavy (non-hydrogen) atoms. The number of nitrogens with one attached hydrogen (secondary N) is 2. The minimum Gasteiger partial charge on any atom is -0.339 e. The van der Waals surface area contributed by atoms with Gasteiger partial charge in [0.25, 0.3) is 0 Å². The van der Waals surface area contributed by atoms with Crippen LogP contribution in [0, 0.1) is 5.41 Å². The largest absolute Gasteiger partial charge is 0.339 e. The number of guanidine groups is 1. The van der Waals surface area contributed by atoms with Crippen molar-refractivity contribution < 1.29 is 0 Å². The van der Waals surface area contributed by atoms with E-state index in [4.69, 9.17) is 11.3 Å². The van der Waals surface area contributed by atoms with Gasteiger partial charge in [-0.3, -0.25) is 10.4 Å². The van der Waals surface area contributed by atoms with Gasteiger partial charge < -0.3 is 4.98 Å². The first-order valence-corrected chi connectivity index (χ1v) is 4.25. The summed E-state index contributed by atoms with van der Waals surface area (Å²) in [6, 6.07) is 3.67. The fourth-order valence-corrected chi connectivity index (χ4v) is 1.28. The Morgan fingerprint density at radius 1 is 1.67 bits per heavy atom. The molecule has 0 aromatic carbocycles. The first-order chi connectivity index (χ1) is 7.22. The smallest absolute Gasteiger partial charge is 0.237 e. The molecule has 2 heterocycles. The lowest BCUT2D eigenvalue weighted by Crippen LogP contribution is -2.35. The number of aliphatic imine (C=N–C) groups is 1. The molecule has 0 spiro atoms. The zero-order valence-corrected chi connectivity index (χ0v) is 7.94. The third kappa shape index (κ3) is 1.57. The van der Waals surface area contributed by atoms with Crippen LogP contribution in [0.3, 0.4) is 0 Å². The lowest BCUT2D eigenvalue weighted by atomic mass is 10.3. The van der Waals surface area contributed by atoms with Crippen LogP contribution in [0.4, 0.5) is 5.82 Å². The standard InChI is InChI=1S/C9H10N6/c1-12-9(10)15(11)8-4-6-2-3-13-5-7(6)14-8/h2-5,10,14H,1,11H2. The van der Waals surface area contributed by atoms with Crippen molar-refractivity contribution in [1.82, 2.24) is 9.97 Å². The second-order valence-corrected chi connectivity index (χ2v) is 2.97. The van der Waals surface area contributed by atoms with Gasteiger partial charge >= 0.3 is 0 Å². The van der Waals surface area contributed by atoms with E-state index >= 15 is 0 Å². The summed E-state index contributed by atoms with van der Waals surface area (Å²) in [5.41, 5.74) is 0.861. The van der Waals surface area contributed by atoms with Crippen LogP contribution in [0.2, 0.25) is 0 Å². The van der Waals surface area contributed by atoms with Gasteiger partial charge in [0, 0.05) is 11.6 Å². The number of aromatic nitrogens is 2. The van der Waals surface area contributed by atoms with E-state index in [0.29, 0.717) is 5.82 Å². The fourth-order valence-electron chi connectivity index (χ4n) is 1.28. The van der Waals surface area contributed by atoms with Gasteiger partial charge in [0.2, 0.25) is 5.96 Å². The molecule has 6 nitrogen and oxygen atoms in total. The first-order valence-electron chi connectivity index (χ1n) is 4.25. The molecule has 0 saturated carbocycles. The molecule has 0 bridgehead atoms. The van der Waals surface area contributed by atoms with Crippen molar-refractivity contribution in [3.05, 3.63) is 24.5 Å². The van der Waals surface area contributed by atoms with E-state index in [1.807, 2.05) is 12.1 Å². The van der Waals surface area contributed by atoms with Gasteiger partial charge in [0.1, 0.15) is 5.82 Å². The van der Waals surface area contributed by atoms with E-state index < -0.39 is 0 Å². The van der Waals surface area contributed by atoms with E-state index in [1.165, 1.54) is 0 Å². The molecule has 4 N–H and O–H groups in total. The lowest BCUT2D eigenvalue weighted by Gasteiger charge is -2.12. The summed E-state index contributed by atoms with van der Waals surface area (Å²) in [7, 11) is 0. The molecule has 0 radical (unpaired) electrons. The van der Waals surface area contributed by atoms with E-state index in [-0.39, 0.29) is 5.96 Å². The van der Waals surface area contributed by atoms with Crippen LogP contribution in [-0.2, 0) is 0 Å². The number of nitrogens with zero attached hydrogens (tertiary/aromatic N) is 3. The maximum atomic E-state index is 7.39. The van der Waals surface area contributed by atoms with Crippen molar-refractivity contribution >= 4 is 29.4 Å². The van der Waals surface area contributed by atoms with E-state index in [1.54, 1.807) is 12.4 Å². The van der Waals surface area contributed by atoms with Gasteiger partial charge in [0.15, 0.2) is 0 Å². The Morgan fingerprint density at radius 3 is 3.13 bits per heavy atom. The van der Waals surface area contributed by atoms with Gasteiger partial charge in [-0.25, -0.2) is 15.8 Å². The molecular weight excluding hydrogens is 192 g/mol. The van der Waals surface area contributed by atoms with Crippen molar-refractivity contribution in [2.75, 3.05) is 5.01 Å². The quantitative estimate of drug-likeness (QED) is 0.277. The predicted octanol–water partition coefficient (Wildman–Crippen LogP) is 0.878. The molecular formula is C9H10N6. The van der Waals surface area contributed by atoms with Crippen molar-refractivity contribution in [1.29, 1.82) is 5.41 Å². The third-order valence-electron chi connectivity index (χ3n) is 2.05. The lowest BCUT2D eigenvalue weighted by molar-refractivity contribution is 1.06. The Hall–Kier alpha value is -2.21. The molecule has 0 aliphatic rings. The highest BCUT2D eigenvalue weighted by atomic mass is 15.5. The molecule has 0 aliphatic heterocycles. The fraction of sp³-hybridized carbons (Fsp3) is 0. The molecule has 2 aromatic heterocycles. The average Bonchev–Trinajstić information content (AvgIpc) is 2.70. The van der Waals surface area contributed by atoms with Crippen LogP contribution in [0.5, 0.6) is 0 Å². The van der Waals surface area contributed by atoms with Crippen LogP contribution >= 0.6 is 0 Å². The Kier molecular flexibility index (Phi) is 2.18. The predicted molar refractivity (Wildman–Crippen MR) is 60.0 cm³/mol. The second-order valence-electron chi connectivity index (χ2n) is 2.97. The summed E-state index contributed by atoms with van der Waals surface area (Å²) in [6.45, 7) is 3.24. The highest BCUT2D eigenvalue weighted by Crippen LogP contribution is 2.18. The Labute approximate surface area is 85.9 Å². The number of hydrazine groups is 1. The summed E-state index contributed by atoms with van der Waals surface area (Å²) < 4.78 is 0. The molecule has 2 aromatic rings. The molecule has 6 heteroatoms. The van der Waals surface area contributed by atoms with Gasteiger partial charge in [-0.2, -0.15) is 0 Å². The number of nitrogens with two attached hydrogens (primary N) is 1. The van der Waals surface area contributed by atoms with Crippen LogP contribution in [0.15, 0.2) is 29.5 Å². The van der Waals surface area contributed by atoms with Crippen LogP contribution in [0.25, 0.3) is 10.9 Å². The molecule has 0 saturated heterocycles.